The highest BCUT2D eigenvalue weighted by molar-refractivity contribution is 5.95. The summed E-state index contributed by atoms with van der Waals surface area (Å²) in [5.74, 6) is 1.57. The zero-order valence-electron chi connectivity index (χ0n) is 15.7. The van der Waals surface area contributed by atoms with Crippen molar-refractivity contribution in [1.29, 1.82) is 0 Å². The van der Waals surface area contributed by atoms with E-state index in [4.69, 9.17) is 5.11 Å². The van der Waals surface area contributed by atoms with Gasteiger partial charge in [-0.3, -0.25) is 4.79 Å². The van der Waals surface area contributed by atoms with Crippen LogP contribution in [0.5, 0.6) is 0 Å². The second-order valence-electron chi connectivity index (χ2n) is 6.79. The van der Waals surface area contributed by atoms with E-state index >= 15 is 0 Å². The van der Waals surface area contributed by atoms with E-state index in [9.17, 15) is 9.59 Å². The van der Waals surface area contributed by atoms with E-state index in [2.05, 4.69) is 20.4 Å². The molecule has 27 heavy (non-hydrogen) atoms. The number of amides is 2. The minimum atomic E-state index is -1.15. The molecule has 0 spiro atoms. The first-order valence-corrected chi connectivity index (χ1v) is 8.65. The predicted octanol–water partition coefficient (Wildman–Crippen LogP) is 1.43. The van der Waals surface area contributed by atoms with Gasteiger partial charge in [-0.05, 0) is 31.9 Å². The van der Waals surface area contributed by atoms with Gasteiger partial charge in [0, 0.05) is 27.1 Å². The van der Waals surface area contributed by atoms with Gasteiger partial charge in [-0.25, -0.2) is 9.78 Å². The topological polar surface area (TPSA) is 116 Å². The van der Waals surface area contributed by atoms with E-state index in [1.165, 1.54) is 4.68 Å². The molecule has 1 aliphatic carbocycles. The Hall–Kier alpha value is -3.17. The van der Waals surface area contributed by atoms with Gasteiger partial charge in [0.05, 0.1) is 17.9 Å². The number of anilines is 2. The van der Waals surface area contributed by atoms with Crippen LogP contribution >= 0.6 is 0 Å². The molecule has 2 aromatic rings. The van der Waals surface area contributed by atoms with Gasteiger partial charge in [-0.2, -0.15) is 9.67 Å². The third-order valence-electron chi connectivity index (χ3n) is 4.34. The fourth-order valence-electron chi connectivity index (χ4n) is 2.63. The van der Waals surface area contributed by atoms with E-state index in [1.54, 1.807) is 56.2 Å². The maximum atomic E-state index is 12.2. The Labute approximate surface area is 156 Å². The van der Waals surface area contributed by atoms with Gasteiger partial charge in [0.25, 0.3) is 0 Å². The van der Waals surface area contributed by atoms with E-state index in [0.29, 0.717) is 23.3 Å². The summed E-state index contributed by atoms with van der Waals surface area (Å²) in [6.45, 7) is 1.69. The highest BCUT2D eigenvalue weighted by atomic mass is 16.4. The summed E-state index contributed by atoms with van der Waals surface area (Å²) in [5, 5.41) is 15.8. The summed E-state index contributed by atoms with van der Waals surface area (Å²) in [6, 6.07) is 2.94. The van der Waals surface area contributed by atoms with Crippen molar-refractivity contribution in [3.8, 4) is 5.82 Å². The molecule has 10 heteroatoms. The first kappa shape index (κ1) is 18.6. The average molecular weight is 373 g/mol. The fourth-order valence-corrected chi connectivity index (χ4v) is 2.63. The number of carbonyl (C=O) groups is 2. The Morgan fingerprint density at radius 3 is 2.52 bits per heavy atom. The van der Waals surface area contributed by atoms with Crippen molar-refractivity contribution in [2.45, 2.75) is 25.8 Å². The first-order valence-electron chi connectivity index (χ1n) is 8.65. The fraction of sp³-hybridized carbons (Fsp3) is 0.471. The van der Waals surface area contributed by atoms with E-state index < -0.39 is 12.1 Å². The molecule has 2 N–H and O–H groups in total. The maximum Gasteiger partial charge on any atom is 0.405 e. The Bertz CT molecular complexity index is 843. The van der Waals surface area contributed by atoms with Gasteiger partial charge in [0.1, 0.15) is 0 Å². The van der Waals surface area contributed by atoms with Crippen LogP contribution in [0.3, 0.4) is 0 Å². The summed E-state index contributed by atoms with van der Waals surface area (Å²) in [4.78, 5) is 35.3. The van der Waals surface area contributed by atoms with Crippen LogP contribution in [-0.4, -0.2) is 58.0 Å². The number of aromatic nitrogens is 4. The van der Waals surface area contributed by atoms with Gasteiger partial charge >= 0.3 is 6.09 Å². The van der Waals surface area contributed by atoms with E-state index in [-0.39, 0.29) is 11.8 Å². The third kappa shape index (κ3) is 3.99. The molecule has 2 heterocycles. The number of carbonyl (C=O) groups excluding carboxylic acids is 1. The monoisotopic (exact) mass is 373 g/mol. The molecule has 0 aromatic carbocycles. The third-order valence-corrected chi connectivity index (χ3v) is 4.34. The van der Waals surface area contributed by atoms with Crippen molar-refractivity contribution in [3.05, 3.63) is 24.2 Å². The molecule has 2 amide bonds. The standard InChI is InChI=1S/C17H23N7O3/c1-10(19-17(26)27)14-20-16(22(2)3)21-24(14)13-8-7-12(9-18-13)23(4)15(25)11-5-6-11/h7-11,19H,5-6H2,1-4H3,(H,26,27)/t10-/m0/s1. The Kier molecular flexibility index (Phi) is 4.98. The van der Waals surface area contributed by atoms with Gasteiger partial charge in [-0.1, -0.05) is 0 Å². The van der Waals surface area contributed by atoms with E-state index in [1.807, 2.05) is 0 Å². The van der Waals surface area contributed by atoms with Gasteiger partial charge in [0.15, 0.2) is 11.6 Å². The number of pyridine rings is 1. The SMILES string of the molecule is C[C@H](NC(=O)O)c1nc(N(C)C)nn1-c1ccc(N(C)C(=O)C2CC2)cn1. The second-order valence-corrected chi connectivity index (χ2v) is 6.79. The van der Waals surface area contributed by atoms with Crippen molar-refractivity contribution in [2.24, 2.45) is 5.92 Å². The van der Waals surface area contributed by atoms with Crippen molar-refractivity contribution < 1.29 is 14.7 Å². The molecule has 144 valence electrons. The summed E-state index contributed by atoms with van der Waals surface area (Å²) in [7, 11) is 5.34. The lowest BCUT2D eigenvalue weighted by Crippen LogP contribution is -2.28. The van der Waals surface area contributed by atoms with Crippen LogP contribution in [0.1, 0.15) is 31.6 Å². The molecule has 3 rings (SSSR count). The quantitative estimate of drug-likeness (QED) is 0.787. The minimum Gasteiger partial charge on any atom is -0.465 e. The van der Waals surface area contributed by atoms with Crippen LogP contribution in [-0.2, 0) is 4.79 Å². The average Bonchev–Trinajstić information content (AvgIpc) is 3.37. The smallest absolute Gasteiger partial charge is 0.405 e. The van der Waals surface area contributed by atoms with Gasteiger partial charge < -0.3 is 20.2 Å². The number of rotatable bonds is 6. The largest absolute Gasteiger partial charge is 0.465 e. The lowest BCUT2D eigenvalue weighted by molar-refractivity contribution is -0.119. The van der Waals surface area contributed by atoms with Gasteiger partial charge in [0.2, 0.25) is 11.9 Å². The van der Waals surface area contributed by atoms with E-state index in [0.717, 1.165) is 12.8 Å². The molecule has 0 bridgehead atoms. The Morgan fingerprint density at radius 1 is 1.30 bits per heavy atom. The van der Waals surface area contributed by atoms with Crippen LogP contribution in [0.4, 0.5) is 16.4 Å². The first-order chi connectivity index (χ1) is 12.8. The number of nitrogens with one attached hydrogen (secondary N) is 1. The normalized spacial score (nSPS) is 14.5. The van der Waals surface area contributed by atoms with Crippen molar-refractivity contribution in [2.75, 3.05) is 30.9 Å². The summed E-state index contributed by atoms with van der Waals surface area (Å²) < 4.78 is 1.50. The molecule has 0 aliphatic heterocycles. The van der Waals surface area contributed by atoms with Crippen LogP contribution in [0.25, 0.3) is 5.82 Å². The molecule has 1 aliphatic rings. The second kappa shape index (κ2) is 7.22. The van der Waals surface area contributed by atoms with Gasteiger partial charge in [-0.15, -0.1) is 5.10 Å². The highest BCUT2D eigenvalue weighted by Gasteiger charge is 2.32. The lowest BCUT2D eigenvalue weighted by Gasteiger charge is -2.17. The Morgan fingerprint density at radius 2 is 2.00 bits per heavy atom. The number of hydrogen-bond donors (Lipinski definition) is 2. The van der Waals surface area contributed by atoms with Crippen molar-refractivity contribution in [1.82, 2.24) is 25.1 Å². The summed E-state index contributed by atoms with van der Waals surface area (Å²) in [5.41, 5.74) is 0.696. The molecule has 1 fully saturated rings. The predicted molar refractivity (Wildman–Crippen MR) is 99.2 cm³/mol. The van der Waals surface area contributed by atoms with Crippen LogP contribution < -0.4 is 15.1 Å². The molecule has 0 radical (unpaired) electrons. The molecular weight excluding hydrogens is 350 g/mol. The molecule has 10 nitrogen and oxygen atoms in total. The lowest BCUT2D eigenvalue weighted by atomic mass is 10.3. The number of hydrogen-bond acceptors (Lipinski definition) is 6. The molecule has 0 saturated heterocycles. The zero-order valence-corrected chi connectivity index (χ0v) is 15.7. The van der Waals surface area contributed by atoms with Crippen LogP contribution in [0, 0.1) is 5.92 Å². The molecular formula is C17H23N7O3. The molecule has 1 atom stereocenters. The van der Waals surface area contributed by atoms with Crippen LogP contribution in [0.15, 0.2) is 18.3 Å². The highest BCUT2D eigenvalue weighted by Crippen LogP contribution is 2.32. The number of carboxylic acid groups (broad SMARTS) is 1. The number of nitrogens with zero attached hydrogens (tertiary/aromatic N) is 6. The summed E-state index contributed by atoms with van der Waals surface area (Å²) >= 11 is 0. The molecule has 2 aromatic heterocycles. The molecule has 0 unspecified atom stereocenters. The molecule has 1 saturated carbocycles. The minimum absolute atomic E-state index is 0.0974. The maximum absolute atomic E-state index is 12.2. The zero-order chi connectivity index (χ0) is 19.7. The Balaban J connectivity index is 1.90. The van der Waals surface area contributed by atoms with Crippen molar-refractivity contribution in [3.63, 3.8) is 0 Å². The van der Waals surface area contributed by atoms with Crippen molar-refractivity contribution >= 4 is 23.6 Å². The summed E-state index contributed by atoms with van der Waals surface area (Å²) in [6.07, 6.45) is 2.34. The van der Waals surface area contributed by atoms with Crippen LogP contribution in [0.2, 0.25) is 0 Å².